The van der Waals surface area contributed by atoms with Crippen LogP contribution in [0.3, 0.4) is 0 Å². The maximum absolute atomic E-state index is 12.5. The van der Waals surface area contributed by atoms with E-state index in [1.807, 2.05) is 0 Å². The van der Waals surface area contributed by atoms with Gasteiger partial charge in [-0.05, 0) is 71.1 Å². The van der Waals surface area contributed by atoms with Crippen LogP contribution in [0.15, 0.2) is 4.99 Å². The van der Waals surface area contributed by atoms with E-state index in [-0.39, 0.29) is 24.0 Å². The number of alkyl halides is 3. The minimum atomic E-state index is -4.09. The predicted molar refractivity (Wildman–Crippen MR) is 120 cm³/mol. The number of rotatable bonds is 8. The summed E-state index contributed by atoms with van der Waals surface area (Å²) in [6, 6.07) is 0.545. The molecule has 2 heterocycles. The largest absolute Gasteiger partial charge is 0.401 e. The average Bonchev–Trinajstić information content (AvgIpc) is 3.07. The van der Waals surface area contributed by atoms with Crippen molar-refractivity contribution >= 4 is 29.9 Å². The van der Waals surface area contributed by atoms with Gasteiger partial charge in [0.2, 0.25) is 0 Å². The molecule has 0 aromatic rings. The quantitative estimate of drug-likeness (QED) is 0.294. The lowest BCUT2D eigenvalue weighted by atomic mass is 9.93. The molecule has 0 amide bonds. The molecular weight excluding hydrogens is 482 g/mol. The molecule has 0 aromatic carbocycles. The summed E-state index contributed by atoms with van der Waals surface area (Å²) >= 11 is 0. The van der Waals surface area contributed by atoms with Crippen LogP contribution in [-0.2, 0) is 0 Å². The first-order valence-corrected chi connectivity index (χ1v) is 10.5. The highest BCUT2D eigenvalue weighted by molar-refractivity contribution is 14.0. The zero-order valence-electron chi connectivity index (χ0n) is 17.2. The number of likely N-dealkylation sites (N-methyl/N-ethyl adjacent to an activating group) is 1. The van der Waals surface area contributed by atoms with Gasteiger partial charge in [-0.15, -0.1) is 24.0 Å². The lowest BCUT2D eigenvalue weighted by molar-refractivity contribution is -0.148. The van der Waals surface area contributed by atoms with Crippen LogP contribution in [0.2, 0.25) is 0 Å². The molecule has 2 fully saturated rings. The Morgan fingerprint density at radius 1 is 1.07 bits per heavy atom. The van der Waals surface area contributed by atoms with Crippen LogP contribution < -0.4 is 10.6 Å². The van der Waals surface area contributed by atoms with E-state index in [1.54, 1.807) is 0 Å². The molecule has 0 radical (unpaired) electrons. The van der Waals surface area contributed by atoms with Crippen molar-refractivity contribution in [1.29, 1.82) is 0 Å². The monoisotopic (exact) mass is 519 g/mol. The van der Waals surface area contributed by atoms with Crippen LogP contribution in [-0.4, -0.2) is 80.3 Å². The Balaban J connectivity index is 0.00000392. The summed E-state index contributed by atoms with van der Waals surface area (Å²) in [6.45, 7) is 9.30. The zero-order chi connectivity index (χ0) is 19.7. The first-order valence-electron chi connectivity index (χ1n) is 10.5. The zero-order valence-corrected chi connectivity index (χ0v) is 19.6. The maximum Gasteiger partial charge on any atom is 0.401 e. The Morgan fingerprint density at radius 3 is 2.39 bits per heavy atom. The van der Waals surface area contributed by atoms with Gasteiger partial charge in [-0.3, -0.25) is 14.8 Å². The molecule has 0 saturated carbocycles. The first-order chi connectivity index (χ1) is 12.9. The van der Waals surface area contributed by atoms with Crippen molar-refractivity contribution in [3.05, 3.63) is 0 Å². The highest BCUT2D eigenvalue weighted by Gasteiger charge is 2.32. The second-order valence-electron chi connectivity index (χ2n) is 7.69. The van der Waals surface area contributed by atoms with E-state index in [9.17, 15) is 13.2 Å². The first kappa shape index (κ1) is 25.7. The summed E-state index contributed by atoms with van der Waals surface area (Å²) in [5.41, 5.74) is 0. The van der Waals surface area contributed by atoms with Gasteiger partial charge in [0, 0.05) is 19.1 Å². The van der Waals surface area contributed by atoms with Crippen molar-refractivity contribution < 1.29 is 13.2 Å². The van der Waals surface area contributed by atoms with Gasteiger partial charge in [-0.1, -0.05) is 6.92 Å². The van der Waals surface area contributed by atoms with Crippen molar-refractivity contribution in [3.63, 3.8) is 0 Å². The van der Waals surface area contributed by atoms with Crippen LogP contribution >= 0.6 is 24.0 Å². The molecule has 1 unspecified atom stereocenters. The molecule has 1 atom stereocenters. The number of nitrogens with one attached hydrogen (secondary N) is 2. The average molecular weight is 519 g/mol. The summed E-state index contributed by atoms with van der Waals surface area (Å²) in [4.78, 5) is 8.76. The van der Waals surface area contributed by atoms with Gasteiger partial charge >= 0.3 is 6.18 Å². The number of hydrogen-bond donors (Lipinski definition) is 2. The topological polar surface area (TPSA) is 42.9 Å². The molecule has 2 saturated heterocycles. The summed E-state index contributed by atoms with van der Waals surface area (Å²) in [6.07, 6.45) is 1.06. The fourth-order valence-electron chi connectivity index (χ4n) is 4.14. The van der Waals surface area contributed by atoms with Crippen LogP contribution in [0.4, 0.5) is 13.2 Å². The number of hydrogen-bond acceptors (Lipinski definition) is 3. The Labute approximate surface area is 184 Å². The number of halogens is 4. The molecule has 0 aromatic heterocycles. The third-order valence-corrected chi connectivity index (χ3v) is 5.66. The van der Waals surface area contributed by atoms with E-state index < -0.39 is 12.7 Å². The van der Waals surface area contributed by atoms with Crippen LogP contribution in [0.5, 0.6) is 0 Å². The van der Waals surface area contributed by atoms with Gasteiger partial charge in [-0.25, -0.2) is 0 Å². The molecule has 9 heteroatoms. The van der Waals surface area contributed by atoms with Crippen LogP contribution in [0.25, 0.3) is 0 Å². The summed E-state index contributed by atoms with van der Waals surface area (Å²) in [5, 5.41) is 6.70. The van der Waals surface area contributed by atoms with Gasteiger partial charge in [0.1, 0.15) is 0 Å². The van der Waals surface area contributed by atoms with E-state index in [2.05, 4.69) is 29.4 Å². The highest BCUT2D eigenvalue weighted by Crippen LogP contribution is 2.24. The molecule has 2 rings (SSSR count). The van der Waals surface area contributed by atoms with Crippen LogP contribution in [0.1, 0.15) is 46.0 Å². The number of aliphatic imine (C=N–C) groups is 1. The standard InChI is InChI=1S/C19H36F3N5.HI/c1-3-23-18(25-14-17-6-5-11-27(17)4-2)24-10-7-16-8-12-26(13-9-16)15-19(20,21)22;/h16-17H,3-15H2,1-2H3,(H2,23,24,25);1H. The molecule has 5 nitrogen and oxygen atoms in total. The SMILES string of the molecule is CCNC(=NCC1CCCN1CC)NCCC1CCN(CC(F)(F)F)CC1.I. The summed E-state index contributed by atoms with van der Waals surface area (Å²) in [7, 11) is 0. The fourth-order valence-corrected chi connectivity index (χ4v) is 4.14. The molecule has 0 spiro atoms. The van der Waals surface area contributed by atoms with Crippen molar-refractivity contribution in [2.45, 2.75) is 58.2 Å². The smallest absolute Gasteiger partial charge is 0.357 e. The number of nitrogens with zero attached hydrogens (tertiary/aromatic N) is 3. The van der Waals surface area contributed by atoms with Gasteiger partial charge in [0.05, 0.1) is 13.1 Å². The van der Waals surface area contributed by atoms with Crippen molar-refractivity contribution in [1.82, 2.24) is 20.4 Å². The van der Waals surface area contributed by atoms with Gasteiger partial charge in [0.25, 0.3) is 0 Å². The molecule has 2 aliphatic rings. The molecule has 0 bridgehead atoms. The van der Waals surface area contributed by atoms with E-state index in [0.717, 1.165) is 51.4 Å². The lowest BCUT2D eigenvalue weighted by Gasteiger charge is -2.32. The predicted octanol–water partition coefficient (Wildman–Crippen LogP) is 3.31. The Kier molecular flexibility index (Phi) is 12.0. The maximum atomic E-state index is 12.5. The van der Waals surface area contributed by atoms with E-state index in [0.29, 0.717) is 25.0 Å². The number of piperidine rings is 1. The minimum absolute atomic E-state index is 0. The number of likely N-dealkylation sites (tertiary alicyclic amines) is 2. The second-order valence-corrected chi connectivity index (χ2v) is 7.69. The molecule has 2 aliphatic heterocycles. The van der Waals surface area contributed by atoms with E-state index in [4.69, 9.17) is 4.99 Å². The normalized spacial score (nSPS) is 22.9. The van der Waals surface area contributed by atoms with Crippen LogP contribution in [0, 0.1) is 5.92 Å². The molecule has 166 valence electrons. The third-order valence-electron chi connectivity index (χ3n) is 5.66. The number of guanidine groups is 1. The Bertz CT molecular complexity index is 453. The summed E-state index contributed by atoms with van der Waals surface area (Å²) in [5.74, 6) is 1.35. The van der Waals surface area contributed by atoms with Gasteiger partial charge in [-0.2, -0.15) is 13.2 Å². The molecule has 28 heavy (non-hydrogen) atoms. The molecule has 0 aliphatic carbocycles. The second kappa shape index (κ2) is 13.1. The van der Waals surface area contributed by atoms with E-state index in [1.165, 1.54) is 24.3 Å². The van der Waals surface area contributed by atoms with Crippen molar-refractivity contribution in [3.8, 4) is 0 Å². The molecular formula is C19H37F3IN5. The van der Waals surface area contributed by atoms with E-state index >= 15 is 0 Å². The lowest BCUT2D eigenvalue weighted by Crippen LogP contribution is -2.42. The summed E-state index contributed by atoms with van der Waals surface area (Å²) < 4.78 is 37.4. The van der Waals surface area contributed by atoms with Gasteiger partial charge in [0.15, 0.2) is 5.96 Å². The Hall–Kier alpha value is -0.290. The Morgan fingerprint density at radius 2 is 1.79 bits per heavy atom. The van der Waals surface area contributed by atoms with Gasteiger partial charge < -0.3 is 10.6 Å². The minimum Gasteiger partial charge on any atom is -0.357 e. The van der Waals surface area contributed by atoms with Crippen molar-refractivity contribution in [2.75, 3.05) is 52.4 Å². The van der Waals surface area contributed by atoms with Crippen molar-refractivity contribution in [2.24, 2.45) is 10.9 Å². The molecule has 2 N–H and O–H groups in total. The fraction of sp³-hybridized carbons (Fsp3) is 0.947. The third kappa shape index (κ3) is 9.47. The highest BCUT2D eigenvalue weighted by atomic mass is 127.